The zero-order chi connectivity index (χ0) is 11.3. The molecule has 0 atom stereocenters. The average molecular weight is 248 g/mol. The van der Waals surface area contributed by atoms with Gasteiger partial charge in [0.15, 0.2) is 5.13 Å². The number of nitrogens with two attached hydrogens (primary N) is 1. The maximum atomic E-state index is 5.58. The SMILES string of the molecule is C=P(Cc1csc(N)n1)(OCC)OCC. The summed E-state index contributed by atoms with van der Waals surface area (Å²) in [6.45, 7) is 5.09. The van der Waals surface area contributed by atoms with Crippen LogP contribution in [0.2, 0.25) is 0 Å². The highest BCUT2D eigenvalue weighted by atomic mass is 32.1. The lowest BCUT2D eigenvalue weighted by atomic mass is 10.6. The van der Waals surface area contributed by atoms with Gasteiger partial charge in [-0.15, -0.1) is 11.3 Å². The zero-order valence-corrected chi connectivity index (χ0v) is 10.8. The van der Waals surface area contributed by atoms with Gasteiger partial charge >= 0.3 is 0 Å². The third-order valence-corrected chi connectivity index (χ3v) is 4.69. The summed E-state index contributed by atoms with van der Waals surface area (Å²) in [5, 5.41) is 2.50. The van der Waals surface area contributed by atoms with Crippen molar-refractivity contribution in [3.05, 3.63) is 11.1 Å². The number of aromatic nitrogens is 1. The molecule has 0 saturated heterocycles. The van der Waals surface area contributed by atoms with E-state index in [2.05, 4.69) is 11.3 Å². The predicted molar refractivity (Wildman–Crippen MR) is 67.5 cm³/mol. The minimum absolute atomic E-state index is 0.574. The lowest BCUT2D eigenvalue weighted by Crippen LogP contribution is -2.00. The molecule has 1 heterocycles. The Morgan fingerprint density at radius 1 is 1.47 bits per heavy atom. The number of hydrogen-bond acceptors (Lipinski definition) is 5. The molecule has 4 nitrogen and oxygen atoms in total. The van der Waals surface area contributed by atoms with Crippen LogP contribution in [0, 0.1) is 0 Å². The van der Waals surface area contributed by atoms with Crippen molar-refractivity contribution in [3.63, 3.8) is 0 Å². The number of nitrogen functional groups attached to an aromatic ring is 1. The van der Waals surface area contributed by atoms with Gasteiger partial charge in [0.05, 0.1) is 25.1 Å². The molecule has 0 aliphatic heterocycles. The van der Waals surface area contributed by atoms with Crippen LogP contribution in [0.1, 0.15) is 19.5 Å². The van der Waals surface area contributed by atoms with Gasteiger partial charge in [-0.3, -0.25) is 0 Å². The summed E-state index contributed by atoms with van der Waals surface area (Å²) >= 11 is 1.43. The first kappa shape index (κ1) is 12.7. The topological polar surface area (TPSA) is 57.4 Å². The number of anilines is 1. The molecule has 0 saturated carbocycles. The van der Waals surface area contributed by atoms with Crippen LogP contribution in [0.25, 0.3) is 0 Å². The largest absolute Gasteiger partial charge is 0.375 e. The maximum Gasteiger partial charge on any atom is 0.180 e. The highest BCUT2D eigenvalue weighted by Crippen LogP contribution is 2.50. The third kappa shape index (κ3) is 3.95. The summed E-state index contributed by atoms with van der Waals surface area (Å²) in [6, 6.07) is 0. The molecule has 0 spiro atoms. The first-order valence-electron chi connectivity index (χ1n) is 4.81. The number of hydrogen-bond donors (Lipinski definition) is 1. The summed E-state index contributed by atoms with van der Waals surface area (Å²) < 4.78 is 11.2. The normalized spacial score (nSPS) is 11.9. The minimum atomic E-state index is -2.04. The summed E-state index contributed by atoms with van der Waals surface area (Å²) in [7, 11) is -2.04. The molecule has 15 heavy (non-hydrogen) atoms. The van der Waals surface area contributed by atoms with E-state index in [1.807, 2.05) is 19.2 Å². The second-order valence-corrected chi connectivity index (χ2v) is 6.34. The van der Waals surface area contributed by atoms with Gasteiger partial charge in [0, 0.05) is 5.38 Å². The molecule has 0 aliphatic carbocycles. The molecular formula is C9H17N2O2PS. The van der Waals surface area contributed by atoms with Crippen LogP contribution in [0.4, 0.5) is 5.13 Å². The Morgan fingerprint density at radius 3 is 2.47 bits per heavy atom. The molecule has 1 aromatic heterocycles. The van der Waals surface area contributed by atoms with Gasteiger partial charge in [-0.1, -0.05) is 6.30 Å². The maximum absolute atomic E-state index is 5.58. The van der Waals surface area contributed by atoms with Gasteiger partial charge in [-0.05, 0) is 13.8 Å². The molecule has 0 radical (unpaired) electrons. The van der Waals surface area contributed by atoms with Crippen LogP contribution < -0.4 is 5.73 Å². The quantitative estimate of drug-likeness (QED) is 0.786. The van der Waals surface area contributed by atoms with Crippen LogP contribution in [0.5, 0.6) is 0 Å². The van der Waals surface area contributed by atoms with E-state index in [1.54, 1.807) is 0 Å². The standard InChI is InChI=1S/C9H17N2O2PS/c1-4-12-14(3,13-5-2)6-8-7-15-9(10)11-8/h7H,3-6H2,1-2H3,(H2,10,11). The van der Waals surface area contributed by atoms with E-state index >= 15 is 0 Å². The highest BCUT2D eigenvalue weighted by molar-refractivity contribution is 7.63. The van der Waals surface area contributed by atoms with E-state index in [1.165, 1.54) is 11.3 Å². The van der Waals surface area contributed by atoms with Crippen molar-refractivity contribution in [1.29, 1.82) is 0 Å². The molecule has 2 N–H and O–H groups in total. The molecule has 0 aromatic carbocycles. The zero-order valence-electron chi connectivity index (χ0n) is 9.10. The van der Waals surface area contributed by atoms with E-state index in [9.17, 15) is 0 Å². The van der Waals surface area contributed by atoms with Crippen molar-refractivity contribution in [2.75, 3.05) is 18.9 Å². The third-order valence-electron chi connectivity index (χ3n) is 1.70. The minimum Gasteiger partial charge on any atom is -0.375 e. The summed E-state index contributed by atoms with van der Waals surface area (Å²) in [5.74, 6) is 0. The Hall–Kier alpha value is -0.350. The van der Waals surface area contributed by atoms with Crippen molar-refractivity contribution in [1.82, 2.24) is 4.98 Å². The molecular weight excluding hydrogens is 231 g/mol. The predicted octanol–water partition coefficient (Wildman–Crippen LogP) is 2.58. The lowest BCUT2D eigenvalue weighted by Gasteiger charge is -2.22. The van der Waals surface area contributed by atoms with E-state index in [0.717, 1.165) is 5.69 Å². The van der Waals surface area contributed by atoms with Crippen LogP contribution in [-0.4, -0.2) is 24.5 Å². The average Bonchev–Trinajstić information content (AvgIpc) is 2.51. The smallest absolute Gasteiger partial charge is 0.180 e. The first-order valence-corrected chi connectivity index (χ1v) is 7.68. The molecule has 0 unspecified atom stereocenters. The molecule has 0 aliphatic rings. The molecule has 6 heteroatoms. The Kier molecular flexibility index (Phi) is 4.80. The van der Waals surface area contributed by atoms with E-state index in [4.69, 9.17) is 14.8 Å². The Morgan fingerprint density at radius 2 is 2.07 bits per heavy atom. The van der Waals surface area contributed by atoms with Gasteiger partial charge in [-0.2, -0.15) is 0 Å². The molecule has 0 amide bonds. The second-order valence-electron chi connectivity index (χ2n) is 2.99. The van der Waals surface area contributed by atoms with Crippen LogP contribution >= 0.6 is 18.7 Å². The van der Waals surface area contributed by atoms with Crippen molar-refractivity contribution < 1.29 is 9.05 Å². The van der Waals surface area contributed by atoms with Crippen molar-refractivity contribution >= 4 is 30.1 Å². The molecule has 86 valence electrons. The fourth-order valence-electron chi connectivity index (χ4n) is 1.24. The first-order chi connectivity index (χ1) is 7.09. The second kappa shape index (κ2) is 5.66. The fourth-order valence-corrected chi connectivity index (χ4v) is 3.78. The number of nitrogens with zero attached hydrogens (tertiary/aromatic N) is 1. The highest BCUT2D eigenvalue weighted by Gasteiger charge is 2.17. The summed E-state index contributed by atoms with van der Waals surface area (Å²) in [5.41, 5.74) is 6.47. The molecule has 1 aromatic rings. The van der Waals surface area contributed by atoms with Gasteiger partial charge in [0.25, 0.3) is 0 Å². The Balaban J connectivity index is 2.70. The van der Waals surface area contributed by atoms with Gasteiger partial charge in [0.2, 0.25) is 0 Å². The van der Waals surface area contributed by atoms with Gasteiger partial charge in [0.1, 0.15) is 7.34 Å². The van der Waals surface area contributed by atoms with Crippen LogP contribution in [0.15, 0.2) is 5.38 Å². The van der Waals surface area contributed by atoms with Crippen molar-refractivity contribution in [2.45, 2.75) is 20.0 Å². The van der Waals surface area contributed by atoms with E-state index in [-0.39, 0.29) is 0 Å². The van der Waals surface area contributed by atoms with Crippen LogP contribution in [-0.2, 0) is 15.2 Å². The molecule has 0 fully saturated rings. The van der Waals surface area contributed by atoms with Gasteiger partial charge < -0.3 is 14.8 Å². The number of thiazole rings is 1. The number of rotatable bonds is 6. The van der Waals surface area contributed by atoms with Crippen molar-refractivity contribution in [3.8, 4) is 0 Å². The lowest BCUT2D eigenvalue weighted by molar-refractivity contribution is 0.264. The van der Waals surface area contributed by atoms with Crippen LogP contribution in [0.3, 0.4) is 0 Å². The fraction of sp³-hybridized carbons (Fsp3) is 0.556. The Labute approximate surface area is 94.6 Å². The summed E-state index contributed by atoms with van der Waals surface area (Å²) in [4.78, 5) is 4.18. The molecule has 1 rings (SSSR count). The van der Waals surface area contributed by atoms with Crippen molar-refractivity contribution in [2.24, 2.45) is 0 Å². The van der Waals surface area contributed by atoms with Gasteiger partial charge in [-0.25, -0.2) is 4.98 Å². The van der Waals surface area contributed by atoms with E-state index < -0.39 is 7.34 Å². The monoisotopic (exact) mass is 248 g/mol. The summed E-state index contributed by atoms with van der Waals surface area (Å²) in [6.07, 6.45) is 4.67. The Bertz CT molecular complexity index is 344. The molecule has 0 bridgehead atoms. The van der Waals surface area contributed by atoms with E-state index in [0.29, 0.717) is 24.5 Å².